The van der Waals surface area contributed by atoms with E-state index < -0.39 is 5.97 Å². The number of methoxy groups -OCH3 is 1. The van der Waals surface area contributed by atoms with Crippen molar-refractivity contribution in [3.63, 3.8) is 0 Å². The number of anilines is 1. The normalized spacial score (nSPS) is 14.0. The van der Waals surface area contributed by atoms with E-state index in [-0.39, 0.29) is 23.9 Å². The molecule has 0 bridgehead atoms. The molecule has 3 heterocycles. The van der Waals surface area contributed by atoms with Gasteiger partial charge in [0.15, 0.2) is 0 Å². The quantitative estimate of drug-likeness (QED) is 0.520. The first-order chi connectivity index (χ1) is 16.5. The summed E-state index contributed by atoms with van der Waals surface area (Å²) in [7, 11) is 1.30. The Bertz CT molecular complexity index is 1200. The van der Waals surface area contributed by atoms with Crippen molar-refractivity contribution in [1.82, 2.24) is 19.8 Å². The van der Waals surface area contributed by atoms with Gasteiger partial charge in [-0.3, -0.25) is 19.5 Å². The lowest BCUT2D eigenvalue weighted by Gasteiger charge is -2.34. The van der Waals surface area contributed by atoms with Crippen LogP contribution in [-0.2, 0) is 9.53 Å². The van der Waals surface area contributed by atoms with Crippen LogP contribution in [0.5, 0.6) is 0 Å². The maximum absolute atomic E-state index is 12.8. The molecular formula is C23H22ClN5O4S. The zero-order valence-electron chi connectivity index (χ0n) is 18.4. The van der Waals surface area contributed by atoms with E-state index in [2.05, 4.69) is 15.3 Å². The molecular weight excluding hydrogens is 478 g/mol. The molecule has 9 nitrogen and oxygen atoms in total. The van der Waals surface area contributed by atoms with E-state index in [1.165, 1.54) is 37.0 Å². The first-order valence-electron chi connectivity index (χ1n) is 10.5. The number of esters is 1. The lowest BCUT2D eigenvalue weighted by molar-refractivity contribution is -0.117. The summed E-state index contributed by atoms with van der Waals surface area (Å²) >= 11 is 7.56. The Balaban J connectivity index is 1.40. The molecule has 0 spiro atoms. The van der Waals surface area contributed by atoms with Gasteiger partial charge in [0.25, 0.3) is 5.91 Å². The molecule has 0 atom stereocenters. The average molecular weight is 500 g/mol. The van der Waals surface area contributed by atoms with Gasteiger partial charge in [-0.1, -0.05) is 29.8 Å². The molecule has 0 radical (unpaired) electrons. The fraction of sp³-hybridized carbons (Fsp3) is 0.261. The predicted octanol–water partition coefficient (Wildman–Crippen LogP) is 3.04. The SMILES string of the molecule is COC(=O)c1c(-c2ccccc2Cl)csc1NC(=O)CN1CCN(C(=O)c2cnccn2)CC1. The number of carbonyl (C=O) groups excluding carboxylic acids is 3. The summed E-state index contributed by atoms with van der Waals surface area (Å²) in [6.07, 6.45) is 4.45. The van der Waals surface area contributed by atoms with Crippen LogP contribution in [0.2, 0.25) is 5.02 Å². The van der Waals surface area contributed by atoms with Gasteiger partial charge in [-0.25, -0.2) is 9.78 Å². The van der Waals surface area contributed by atoms with Crippen LogP contribution in [0.4, 0.5) is 5.00 Å². The number of piperazine rings is 1. The van der Waals surface area contributed by atoms with Crippen molar-refractivity contribution in [3.05, 3.63) is 64.5 Å². The smallest absolute Gasteiger partial charge is 0.341 e. The van der Waals surface area contributed by atoms with Crippen LogP contribution >= 0.6 is 22.9 Å². The molecule has 0 aliphatic carbocycles. The van der Waals surface area contributed by atoms with Crippen molar-refractivity contribution in [3.8, 4) is 11.1 Å². The number of halogens is 1. The Kier molecular flexibility index (Phi) is 7.51. The molecule has 1 fully saturated rings. The summed E-state index contributed by atoms with van der Waals surface area (Å²) < 4.78 is 4.96. The molecule has 4 rings (SSSR count). The fourth-order valence-corrected chi connectivity index (χ4v) is 4.88. The molecule has 1 saturated heterocycles. The van der Waals surface area contributed by atoms with E-state index >= 15 is 0 Å². The van der Waals surface area contributed by atoms with Gasteiger partial charge in [-0.15, -0.1) is 11.3 Å². The van der Waals surface area contributed by atoms with Crippen molar-refractivity contribution in [2.24, 2.45) is 0 Å². The largest absolute Gasteiger partial charge is 0.465 e. The van der Waals surface area contributed by atoms with Crippen molar-refractivity contribution < 1.29 is 19.1 Å². The molecule has 11 heteroatoms. The van der Waals surface area contributed by atoms with Crippen LogP contribution in [0.1, 0.15) is 20.8 Å². The van der Waals surface area contributed by atoms with Crippen LogP contribution in [0.15, 0.2) is 48.2 Å². The van der Waals surface area contributed by atoms with E-state index in [9.17, 15) is 14.4 Å². The maximum Gasteiger partial charge on any atom is 0.341 e. The van der Waals surface area contributed by atoms with E-state index in [1.807, 2.05) is 17.0 Å². The van der Waals surface area contributed by atoms with E-state index in [4.69, 9.17) is 16.3 Å². The lowest BCUT2D eigenvalue weighted by atomic mass is 10.0. The van der Waals surface area contributed by atoms with Gasteiger partial charge in [0.2, 0.25) is 5.91 Å². The van der Waals surface area contributed by atoms with E-state index in [1.54, 1.807) is 22.4 Å². The highest BCUT2D eigenvalue weighted by molar-refractivity contribution is 7.15. The molecule has 34 heavy (non-hydrogen) atoms. The van der Waals surface area contributed by atoms with Gasteiger partial charge in [-0.05, 0) is 6.07 Å². The number of aromatic nitrogens is 2. The molecule has 1 aromatic carbocycles. The third-order valence-corrected chi connectivity index (χ3v) is 6.63. The lowest BCUT2D eigenvalue weighted by Crippen LogP contribution is -2.50. The van der Waals surface area contributed by atoms with Gasteiger partial charge in [0.1, 0.15) is 16.3 Å². The molecule has 2 amide bonds. The number of carbonyl (C=O) groups is 3. The zero-order valence-corrected chi connectivity index (χ0v) is 19.9. The summed E-state index contributed by atoms with van der Waals surface area (Å²) in [6.45, 7) is 2.17. The van der Waals surface area contributed by atoms with Crippen LogP contribution < -0.4 is 5.32 Å². The fourth-order valence-electron chi connectivity index (χ4n) is 3.68. The standard InChI is InChI=1S/C23H22ClN5O4S/c1-33-23(32)20-16(15-4-2-3-5-17(15)24)14-34-21(20)27-19(30)13-28-8-10-29(11-9-28)22(31)18-12-25-6-7-26-18/h2-7,12,14H,8-11,13H2,1H3,(H,27,30). The van der Waals surface area contributed by atoms with Gasteiger partial charge < -0.3 is 15.0 Å². The molecule has 176 valence electrons. The van der Waals surface area contributed by atoms with Crippen molar-refractivity contribution in [2.75, 3.05) is 45.2 Å². The summed E-state index contributed by atoms with van der Waals surface area (Å²) in [4.78, 5) is 49.4. The highest BCUT2D eigenvalue weighted by atomic mass is 35.5. The summed E-state index contributed by atoms with van der Waals surface area (Å²) in [5.74, 6) is -0.986. The van der Waals surface area contributed by atoms with Gasteiger partial charge >= 0.3 is 5.97 Å². The molecule has 1 N–H and O–H groups in total. The minimum Gasteiger partial charge on any atom is -0.465 e. The van der Waals surface area contributed by atoms with Crippen molar-refractivity contribution in [1.29, 1.82) is 0 Å². The number of nitrogens with zero attached hydrogens (tertiary/aromatic N) is 4. The van der Waals surface area contributed by atoms with E-state index in [0.29, 0.717) is 53.0 Å². The summed E-state index contributed by atoms with van der Waals surface area (Å²) in [5, 5.41) is 5.52. The number of nitrogens with one attached hydrogen (secondary N) is 1. The first kappa shape index (κ1) is 23.8. The Morgan fingerprint density at radius 1 is 1.12 bits per heavy atom. The topological polar surface area (TPSA) is 105 Å². The van der Waals surface area contributed by atoms with Gasteiger partial charge in [-0.2, -0.15) is 0 Å². The summed E-state index contributed by atoms with van der Waals surface area (Å²) in [6, 6.07) is 7.18. The van der Waals surface area contributed by atoms with Gasteiger partial charge in [0, 0.05) is 60.1 Å². The van der Waals surface area contributed by atoms with Crippen molar-refractivity contribution >= 4 is 45.7 Å². The summed E-state index contributed by atoms with van der Waals surface area (Å²) in [5.41, 5.74) is 1.86. The minimum atomic E-state index is -0.553. The second-order valence-corrected chi connectivity index (χ2v) is 8.82. The average Bonchev–Trinajstić information content (AvgIpc) is 3.27. The number of thiophene rings is 1. The number of hydrogen-bond acceptors (Lipinski definition) is 8. The highest BCUT2D eigenvalue weighted by Gasteiger charge is 2.26. The minimum absolute atomic E-state index is 0.132. The third-order valence-electron chi connectivity index (χ3n) is 5.41. The number of ether oxygens (including phenoxy) is 1. The number of rotatable bonds is 6. The first-order valence-corrected chi connectivity index (χ1v) is 11.8. The van der Waals surface area contributed by atoms with E-state index in [0.717, 1.165) is 0 Å². The Labute approximate surface area is 205 Å². The number of amides is 2. The molecule has 0 saturated carbocycles. The van der Waals surface area contributed by atoms with Crippen LogP contribution in [0.3, 0.4) is 0 Å². The second-order valence-electron chi connectivity index (χ2n) is 7.53. The second kappa shape index (κ2) is 10.7. The predicted molar refractivity (Wildman–Crippen MR) is 129 cm³/mol. The Morgan fingerprint density at radius 3 is 2.56 bits per heavy atom. The monoisotopic (exact) mass is 499 g/mol. The van der Waals surface area contributed by atoms with Crippen LogP contribution in [0.25, 0.3) is 11.1 Å². The molecule has 1 aliphatic rings. The molecule has 2 aromatic heterocycles. The highest BCUT2D eigenvalue weighted by Crippen LogP contribution is 2.39. The van der Waals surface area contributed by atoms with Crippen LogP contribution in [-0.4, -0.2) is 77.4 Å². The third kappa shape index (κ3) is 5.24. The molecule has 3 aromatic rings. The number of hydrogen-bond donors (Lipinski definition) is 1. The number of benzene rings is 1. The molecule has 1 aliphatic heterocycles. The molecule has 0 unspecified atom stereocenters. The van der Waals surface area contributed by atoms with Crippen molar-refractivity contribution in [2.45, 2.75) is 0 Å². The van der Waals surface area contributed by atoms with Crippen LogP contribution in [0, 0.1) is 0 Å². The van der Waals surface area contributed by atoms with Gasteiger partial charge in [0.05, 0.1) is 19.9 Å². The Hall–Kier alpha value is -3.34. The maximum atomic E-state index is 12.8. The Morgan fingerprint density at radius 2 is 1.88 bits per heavy atom. The zero-order chi connectivity index (χ0) is 24.1.